The Bertz CT molecular complexity index is 653. The quantitative estimate of drug-likeness (QED) is 0.859. The molecule has 0 spiro atoms. The van der Waals surface area contributed by atoms with Crippen LogP contribution in [0.25, 0.3) is 5.69 Å². The largest absolute Gasteiger partial charge is 0.377 e. The second kappa shape index (κ2) is 6.27. The number of ether oxygens (including phenoxy) is 1. The highest BCUT2D eigenvalue weighted by molar-refractivity contribution is 5.79. The lowest BCUT2D eigenvalue weighted by Gasteiger charge is -2.33. The number of hydrogen-bond donors (Lipinski definition) is 0. The molecule has 1 aliphatic heterocycles. The zero-order chi connectivity index (χ0) is 15.5. The minimum Gasteiger partial charge on any atom is -0.377 e. The Hall–Kier alpha value is -2.21. The average molecular weight is 300 g/mol. The van der Waals surface area contributed by atoms with Crippen LogP contribution in [0.3, 0.4) is 0 Å². The summed E-state index contributed by atoms with van der Waals surface area (Å²) >= 11 is 0. The van der Waals surface area contributed by atoms with Crippen LogP contribution in [-0.4, -0.2) is 51.6 Å². The van der Waals surface area contributed by atoms with E-state index in [9.17, 15) is 4.79 Å². The van der Waals surface area contributed by atoms with Crippen LogP contribution in [0.15, 0.2) is 30.3 Å². The van der Waals surface area contributed by atoms with Crippen LogP contribution in [0, 0.1) is 6.92 Å². The molecule has 1 saturated heterocycles. The molecule has 2 heterocycles. The van der Waals surface area contributed by atoms with E-state index in [1.165, 1.54) is 0 Å². The van der Waals surface area contributed by atoms with Gasteiger partial charge in [-0.05, 0) is 26.0 Å². The van der Waals surface area contributed by atoms with Crippen molar-refractivity contribution in [1.82, 2.24) is 19.9 Å². The first-order chi connectivity index (χ1) is 10.7. The van der Waals surface area contributed by atoms with Gasteiger partial charge in [-0.25, -0.2) is 4.68 Å². The van der Waals surface area contributed by atoms with Crippen LogP contribution < -0.4 is 0 Å². The number of carbonyl (C=O) groups excluding carboxylic acids is 1. The molecule has 116 valence electrons. The number of amides is 1. The fourth-order valence-electron chi connectivity index (χ4n) is 2.68. The van der Waals surface area contributed by atoms with Crippen molar-refractivity contribution in [1.29, 1.82) is 0 Å². The normalized spacial score (nSPS) is 18.5. The highest BCUT2D eigenvalue weighted by Gasteiger charge is 2.25. The maximum Gasteiger partial charge on any atom is 0.229 e. The average Bonchev–Trinajstić information content (AvgIpc) is 2.89. The van der Waals surface area contributed by atoms with Crippen LogP contribution in [0.4, 0.5) is 0 Å². The predicted octanol–water partition coefficient (Wildman–Crippen LogP) is 1.37. The molecular weight excluding hydrogens is 280 g/mol. The van der Waals surface area contributed by atoms with E-state index in [-0.39, 0.29) is 18.4 Å². The van der Waals surface area contributed by atoms with Gasteiger partial charge < -0.3 is 9.64 Å². The molecule has 1 aromatic heterocycles. The Kier molecular flexibility index (Phi) is 4.20. The van der Waals surface area contributed by atoms with E-state index in [4.69, 9.17) is 4.74 Å². The van der Waals surface area contributed by atoms with Crippen molar-refractivity contribution in [3.05, 3.63) is 41.7 Å². The van der Waals surface area contributed by atoms with Gasteiger partial charge >= 0.3 is 0 Å². The summed E-state index contributed by atoms with van der Waals surface area (Å²) in [6.07, 6.45) is 0.281. The molecule has 1 aromatic carbocycles. The van der Waals surface area contributed by atoms with Crippen molar-refractivity contribution in [2.45, 2.75) is 26.3 Å². The molecule has 0 N–H and O–H groups in total. The molecule has 3 rings (SSSR count). The fraction of sp³-hybridized carbons (Fsp3) is 0.438. The van der Waals surface area contributed by atoms with E-state index >= 15 is 0 Å². The monoisotopic (exact) mass is 300 g/mol. The van der Waals surface area contributed by atoms with E-state index in [2.05, 4.69) is 10.3 Å². The number of para-hydroxylation sites is 1. The highest BCUT2D eigenvalue weighted by atomic mass is 16.5. The summed E-state index contributed by atoms with van der Waals surface area (Å²) in [6, 6.07) is 9.92. The molecule has 1 fully saturated rings. The van der Waals surface area contributed by atoms with Crippen LogP contribution >= 0.6 is 0 Å². The molecule has 6 nitrogen and oxygen atoms in total. The van der Waals surface area contributed by atoms with Gasteiger partial charge in [0.25, 0.3) is 0 Å². The zero-order valence-electron chi connectivity index (χ0n) is 12.9. The lowest BCUT2D eigenvalue weighted by atomic mass is 10.2. The molecule has 0 radical (unpaired) electrons. The molecule has 0 bridgehead atoms. The Balaban J connectivity index is 1.76. The number of morpholine rings is 1. The van der Waals surface area contributed by atoms with Gasteiger partial charge in [-0.3, -0.25) is 4.79 Å². The first-order valence-electron chi connectivity index (χ1n) is 7.50. The summed E-state index contributed by atoms with van der Waals surface area (Å²) in [4.78, 5) is 14.3. The van der Waals surface area contributed by atoms with Crippen LogP contribution in [0.2, 0.25) is 0 Å². The third-order valence-electron chi connectivity index (χ3n) is 4.00. The minimum absolute atomic E-state index is 0.0824. The summed E-state index contributed by atoms with van der Waals surface area (Å²) in [5, 5.41) is 8.36. The highest BCUT2D eigenvalue weighted by Crippen LogP contribution is 2.14. The first-order valence-corrected chi connectivity index (χ1v) is 7.50. The summed E-state index contributed by atoms with van der Waals surface area (Å²) in [6.45, 7) is 5.79. The van der Waals surface area contributed by atoms with Crippen LogP contribution in [0.1, 0.15) is 18.3 Å². The minimum atomic E-state index is 0.0824. The summed E-state index contributed by atoms with van der Waals surface area (Å²) in [5.74, 6) is 0.0824. The topological polar surface area (TPSA) is 60.3 Å². The molecule has 0 saturated carbocycles. The smallest absolute Gasteiger partial charge is 0.229 e. The van der Waals surface area contributed by atoms with Crippen molar-refractivity contribution in [3.8, 4) is 5.69 Å². The summed E-state index contributed by atoms with van der Waals surface area (Å²) in [7, 11) is 0. The maximum absolute atomic E-state index is 12.5. The van der Waals surface area contributed by atoms with Gasteiger partial charge in [0.05, 0.1) is 42.8 Å². The molecule has 6 heteroatoms. The second-order valence-electron chi connectivity index (χ2n) is 5.56. The standard InChI is InChI=1S/C16H20N4O2/c1-12-11-22-9-8-19(12)16(21)10-15-13(2)20(18-17-15)14-6-4-3-5-7-14/h3-7,12H,8-11H2,1-2H3/t12-/m1/s1. The predicted molar refractivity (Wildman–Crippen MR) is 81.8 cm³/mol. The number of nitrogens with zero attached hydrogens (tertiary/aromatic N) is 4. The van der Waals surface area contributed by atoms with E-state index in [1.54, 1.807) is 4.68 Å². The van der Waals surface area contributed by atoms with Crippen molar-refractivity contribution in [3.63, 3.8) is 0 Å². The molecule has 0 unspecified atom stereocenters. The summed E-state index contributed by atoms with van der Waals surface area (Å²) < 4.78 is 7.14. The SMILES string of the molecule is Cc1c(CC(=O)N2CCOC[C@H]2C)nnn1-c1ccccc1. The molecule has 1 aliphatic rings. The number of benzene rings is 1. The van der Waals surface area contributed by atoms with Crippen LogP contribution in [0.5, 0.6) is 0 Å². The molecule has 1 atom stereocenters. The third kappa shape index (κ3) is 2.87. The van der Waals surface area contributed by atoms with E-state index in [0.717, 1.165) is 17.1 Å². The molecule has 22 heavy (non-hydrogen) atoms. The van der Waals surface area contributed by atoms with Gasteiger partial charge in [0.2, 0.25) is 5.91 Å². The van der Waals surface area contributed by atoms with Crippen molar-refractivity contribution in [2.75, 3.05) is 19.8 Å². The van der Waals surface area contributed by atoms with Gasteiger partial charge in [0, 0.05) is 6.54 Å². The number of rotatable bonds is 3. The van der Waals surface area contributed by atoms with Gasteiger partial charge in [0.1, 0.15) is 0 Å². The van der Waals surface area contributed by atoms with Gasteiger partial charge in [-0.15, -0.1) is 5.10 Å². The molecule has 1 amide bonds. The first kappa shape index (κ1) is 14.7. The second-order valence-corrected chi connectivity index (χ2v) is 5.56. The number of carbonyl (C=O) groups is 1. The van der Waals surface area contributed by atoms with E-state index < -0.39 is 0 Å². The van der Waals surface area contributed by atoms with Gasteiger partial charge in [-0.1, -0.05) is 23.4 Å². The summed E-state index contributed by atoms with van der Waals surface area (Å²) in [5.41, 5.74) is 2.58. The molecule has 0 aliphatic carbocycles. The lowest BCUT2D eigenvalue weighted by molar-refractivity contribution is -0.138. The Labute approximate surface area is 129 Å². The third-order valence-corrected chi connectivity index (χ3v) is 4.00. The van der Waals surface area contributed by atoms with E-state index in [1.807, 2.05) is 49.1 Å². The van der Waals surface area contributed by atoms with Crippen molar-refractivity contribution < 1.29 is 9.53 Å². The molecular formula is C16H20N4O2. The Morgan fingerprint density at radius 1 is 1.36 bits per heavy atom. The fourth-order valence-corrected chi connectivity index (χ4v) is 2.68. The zero-order valence-corrected chi connectivity index (χ0v) is 12.9. The van der Waals surface area contributed by atoms with Gasteiger partial charge in [0.15, 0.2) is 0 Å². The number of hydrogen-bond acceptors (Lipinski definition) is 4. The van der Waals surface area contributed by atoms with Gasteiger partial charge in [-0.2, -0.15) is 0 Å². The maximum atomic E-state index is 12.5. The molecule has 2 aromatic rings. The van der Waals surface area contributed by atoms with E-state index in [0.29, 0.717) is 19.8 Å². The van der Waals surface area contributed by atoms with Crippen molar-refractivity contribution in [2.24, 2.45) is 0 Å². The Morgan fingerprint density at radius 2 is 2.14 bits per heavy atom. The number of aromatic nitrogens is 3. The Morgan fingerprint density at radius 3 is 2.86 bits per heavy atom. The lowest BCUT2D eigenvalue weighted by Crippen LogP contribution is -2.47. The van der Waals surface area contributed by atoms with Crippen LogP contribution in [-0.2, 0) is 16.0 Å². The van der Waals surface area contributed by atoms with Crippen molar-refractivity contribution >= 4 is 5.91 Å².